The number of urea groups is 1. The van der Waals surface area contributed by atoms with Crippen LogP contribution in [0.2, 0.25) is 0 Å². The van der Waals surface area contributed by atoms with Crippen molar-refractivity contribution in [2.75, 3.05) is 57.3 Å². The van der Waals surface area contributed by atoms with Crippen molar-refractivity contribution in [1.82, 2.24) is 14.9 Å². The molecule has 0 unspecified atom stereocenters. The summed E-state index contributed by atoms with van der Waals surface area (Å²) in [4.78, 5) is 26.6. The summed E-state index contributed by atoms with van der Waals surface area (Å²) in [6.07, 6.45) is 0.586. The Balaban J connectivity index is 1.43. The lowest BCUT2D eigenvalue weighted by atomic mass is 10.1. The monoisotopic (exact) mass is 491 g/mol. The zero-order valence-corrected chi connectivity index (χ0v) is 20.4. The van der Waals surface area contributed by atoms with Crippen LogP contribution in [0, 0.1) is 0 Å². The number of ether oxygens (including phenoxy) is 4. The highest BCUT2D eigenvalue weighted by Gasteiger charge is 2.28. The minimum Gasteiger partial charge on any atom is -0.497 e. The molecule has 0 aliphatic carbocycles. The van der Waals surface area contributed by atoms with Crippen LogP contribution < -0.4 is 24.4 Å². The molecular formula is C26H29N5O5. The molecule has 36 heavy (non-hydrogen) atoms. The Labute approximate surface area is 209 Å². The van der Waals surface area contributed by atoms with E-state index in [2.05, 4.69) is 10.2 Å². The summed E-state index contributed by atoms with van der Waals surface area (Å²) in [6.45, 7) is 3.52. The van der Waals surface area contributed by atoms with E-state index in [-0.39, 0.29) is 6.03 Å². The highest BCUT2D eigenvalue weighted by molar-refractivity contribution is 5.89. The topological polar surface area (TPSA) is 98.3 Å². The standard InChI is InChI=1S/C26H29N5O5/c1-33-19-7-5-6-18(16-19)27-26(32)31-11-10-21-20(17-31)24(36-23-9-4-3-8-22(23)34-2)29-25(28-21)30-12-14-35-15-13-30/h3-9,16H,10-15,17H2,1-2H3,(H,27,32). The van der Waals surface area contributed by atoms with Crippen molar-refractivity contribution in [3.63, 3.8) is 0 Å². The molecular weight excluding hydrogens is 462 g/mol. The van der Waals surface area contributed by atoms with Gasteiger partial charge in [0, 0.05) is 37.8 Å². The number of benzene rings is 2. The molecule has 3 aromatic rings. The van der Waals surface area contributed by atoms with E-state index in [0.29, 0.717) is 80.6 Å². The lowest BCUT2D eigenvalue weighted by Gasteiger charge is -2.32. The molecule has 2 aliphatic heterocycles. The third kappa shape index (κ3) is 5.13. The number of nitrogens with one attached hydrogen (secondary N) is 1. The number of carbonyl (C=O) groups excluding carboxylic acids is 1. The molecule has 0 saturated carbocycles. The predicted molar refractivity (Wildman–Crippen MR) is 134 cm³/mol. The number of nitrogens with zero attached hydrogens (tertiary/aromatic N) is 4. The molecule has 188 valence electrons. The van der Waals surface area contributed by atoms with Crippen LogP contribution >= 0.6 is 0 Å². The number of hydrogen-bond acceptors (Lipinski definition) is 8. The number of rotatable bonds is 6. The molecule has 1 saturated heterocycles. The largest absolute Gasteiger partial charge is 0.497 e. The van der Waals surface area contributed by atoms with Gasteiger partial charge in [-0.2, -0.15) is 4.98 Å². The molecule has 0 atom stereocenters. The Hall–Kier alpha value is -4.05. The van der Waals surface area contributed by atoms with E-state index in [0.717, 1.165) is 11.3 Å². The van der Waals surface area contributed by atoms with Gasteiger partial charge in [0.25, 0.3) is 0 Å². The second-order valence-electron chi connectivity index (χ2n) is 8.44. The van der Waals surface area contributed by atoms with Crippen LogP contribution in [-0.4, -0.2) is 68.0 Å². The number of anilines is 2. The van der Waals surface area contributed by atoms with E-state index in [4.69, 9.17) is 28.9 Å². The third-order valence-electron chi connectivity index (χ3n) is 6.19. The summed E-state index contributed by atoms with van der Waals surface area (Å²) < 4.78 is 22.5. The quantitative estimate of drug-likeness (QED) is 0.557. The first-order valence-corrected chi connectivity index (χ1v) is 11.9. The first-order valence-electron chi connectivity index (χ1n) is 11.9. The maximum absolute atomic E-state index is 13.1. The summed E-state index contributed by atoms with van der Waals surface area (Å²) >= 11 is 0. The second-order valence-corrected chi connectivity index (χ2v) is 8.44. The van der Waals surface area contributed by atoms with Gasteiger partial charge in [-0.1, -0.05) is 18.2 Å². The van der Waals surface area contributed by atoms with Crippen molar-refractivity contribution >= 4 is 17.7 Å². The summed E-state index contributed by atoms with van der Waals surface area (Å²) in [6, 6.07) is 14.5. The van der Waals surface area contributed by atoms with Crippen LogP contribution in [0.4, 0.5) is 16.4 Å². The number of hydrogen-bond donors (Lipinski definition) is 1. The second kappa shape index (κ2) is 10.7. The molecule has 10 heteroatoms. The van der Waals surface area contributed by atoms with E-state index in [1.54, 1.807) is 25.2 Å². The molecule has 1 fully saturated rings. The van der Waals surface area contributed by atoms with Crippen molar-refractivity contribution in [2.45, 2.75) is 13.0 Å². The highest BCUT2D eigenvalue weighted by atomic mass is 16.5. The Morgan fingerprint density at radius 1 is 0.972 bits per heavy atom. The molecule has 2 amide bonds. The van der Waals surface area contributed by atoms with Crippen LogP contribution in [0.1, 0.15) is 11.3 Å². The zero-order chi connectivity index (χ0) is 24.9. The summed E-state index contributed by atoms with van der Waals surface area (Å²) in [7, 11) is 3.19. The maximum atomic E-state index is 13.1. The molecule has 2 aromatic carbocycles. The predicted octanol–water partition coefficient (Wildman–Crippen LogP) is 3.71. The molecule has 0 radical (unpaired) electrons. The summed E-state index contributed by atoms with van der Waals surface area (Å²) in [5.41, 5.74) is 2.32. The van der Waals surface area contributed by atoms with E-state index >= 15 is 0 Å². The average molecular weight is 492 g/mol. The SMILES string of the molecule is COc1cccc(NC(=O)N2CCc3nc(N4CCOCC4)nc(Oc4ccccc4OC)c3C2)c1. The fourth-order valence-corrected chi connectivity index (χ4v) is 4.24. The normalized spacial score (nSPS) is 15.2. The first kappa shape index (κ1) is 23.7. The van der Waals surface area contributed by atoms with Gasteiger partial charge in [-0.15, -0.1) is 0 Å². The van der Waals surface area contributed by atoms with Crippen molar-refractivity contribution in [3.8, 4) is 23.1 Å². The van der Waals surface area contributed by atoms with Crippen LogP contribution in [0.5, 0.6) is 23.1 Å². The molecule has 2 aliphatic rings. The Kier molecular flexibility index (Phi) is 7.03. The fourth-order valence-electron chi connectivity index (χ4n) is 4.24. The van der Waals surface area contributed by atoms with Gasteiger partial charge in [0.1, 0.15) is 5.75 Å². The highest BCUT2D eigenvalue weighted by Crippen LogP contribution is 2.35. The molecule has 1 aromatic heterocycles. The zero-order valence-electron chi connectivity index (χ0n) is 20.4. The van der Waals surface area contributed by atoms with Crippen molar-refractivity contribution in [3.05, 3.63) is 59.8 Å². The van der Waals surface area contributed by atoms with Crippen LogP contribution in [0.25, 0.3) is 0 Å². The van der Waals surface area contributed by atoms with E-state index in [1.807, 2.05) is 42.5 Å². The van der Waals surface area contributed by atoms with Crippen molar-refractivity contribution in [1.29, 1.82) is 0 Å². The Morgan fingerprint density at radius 3 is 2.56 bits per heavy atom. The molecule has 5 rings (SSSR count). The fraction of sp³-hybridized carbons (Fsp3) is 0.346. The van der Waals surface area contributed by atoms with Crippen molar-refractivity contribution < 1.29 is 23.7 Å². The minimum atomic E-state index is -0.214. The van der Waals surface area contributed by atoms with Gasteiger partial charge in [-0.25, -0.2) is 9.78 Å². The number of para-hydroxylation sites is 2. The molecule has 0 bridgehead atoms. The Morgan fingerprint density at radius 2 is 1.78 bits per heavy atom. The Bertz CT molecular complexity index is 1230. The van der Waals surface area contributed by atoms with Gasteiger partial charge >= 0.3 is 6.03 Å². The third-order valence-corrected chi connectivity index (χ3v) is 6.19. The number of amides is 2. The summed E-state index contributed by atoms with van der Waals surface area (Å²) in [5.74, 6) is 2.85. The van der Waals surface area contributed by atoms with Gasteiger partial charge in [-0.3, -0.25) is 0 Å². The first-order chi connectivity index (χ1) is 17.6. The van der Waals surface area contributed by atoms with Crippen LogP contribution in [0.3, 0.4) is 0 Å². The van der Waals surface area contributed by atoms with Gasteiger partial charge in [0.2, 0.25) is 11.8 Å². The van der Waals surface area contributed by atoms with Gasteiger partial charge in [-0.05, 0) is 24.3 Å². The van der Waals surface area contributed by atoms with E-state index in [9.17, 15) is 4.79 Å². The molecule has 1 N–H and O–H groups in total. The molecule has 3 heterocycles. The van der Waals surface area contributed by atoms with Crippen LogP contribution in [0.15, 0.2) is 48.5 Å². The lowest BCUT2D eigenvalue weighted by Crippen LogP contribution is -2.41. The maximum Gasteiger partial charge on any atom is 0.322 e. The van der Waals surface area contributed by atoms with Gasteiger partial charge in [0.15, 0.2) is 11.5 Å². The van der Waals surface area contributed by atoms with E-state index < -0.39 is 0 Å². The number of aromatic nitrogens is 2. The summed E-state index contributed by atoms with van der Waals surface area (Å²) in [5, 5.41) is 2.95. The minimum absolute atomic E-state index is 0.214. The number of carbonyl (C=O) groups is 1. The van der Waals surface area contributed by atoms with Crippen LogP contribution in [-0.2, 0) is 17.7 Å². The molecule has 0 spiro atoms. The van der Waals surface area contributed by atoms with Crippen molar-refractivity contribution in [2.24, 2.45) is 0 Å². The number of morpholine rings is 1. The number of methoxy groups -OCH3 is 2. The smallest absolute Gasteiger partial charge is 0.322 e. The lowest BCUT2D eigenvalue weighted by molar-refractivity contribution is 0.122. The van der Waals surface area contributed by atoms with E-state index in [1.165, 1.54) is 0 Å². The molecule has 10 nitrogen and oxygen atoms in total. The average Bonchev–Trinajstić information content (AvgIpc) is 2.93. The number of fused-ring (bicyclic) bond motifs is 1. The van der Waals surface area contributed by atoms with Gasteiger partial charge in [0.05, 0.1) is 45.2 Å². The van der Waals surface area contributed by atoms with Gasteiger partial charge < -0.3 is 34.1 Å².